The lowest BCUT2D eigenvalue weighted by Crippen LogP contribution is -2.30. The van der Waals surface area contributed by atoms with E-state index in [1.165, 1.54) is 0 Å². The zero-order valence-electron chi connectivity index (χ0n) is 9.29. The first-order valence-corrected chi connectivity index (χ1v) is 6.36. The van der Waals surface area contributed by atoms with Crippen molar-refractivity contribution in [2.45, 2.75) is 6.42 Å². The highest BCUT2D eigenvalue weighted by atomic mass is 35.5. The Morgan fingerprint density at radius 3 is 2.94 bits per heavy atom. The maximum absolute atomic E-state index is 11.8. The second kappa shape index (κ2) is 5.71. The zero-order valence-corrected chi connectivity index (χ0v) is 10.8. The van der Waals surface area contributed by atoms with Crippen molar-refractivity contribution in [1.29, 1.82) is 0 Å². The van der Waals surface area contributed by atoms with E-state index in [0.717, 1.165) is 11.3 Å². The Labute approximate surface area is 110 Å². The van der Waals surface area contributed by atoms with Crippen LogP contribution in [-0.2, 0) is 16.0 Å². The Kier molecular flexibility index (Phi) is 4.26. The molecular formula is C12H13Cl2NO2. The molecule has 1 amide bonds. The summed E-state index contributed by atoms with van der Waals surface area (Å²) in [4.78, 5) is 13.5. The van der Waals surface area contributed by atoms with Crippen LogP contribution in [0, 0.1) is 0 Å². The number of carbonyl (C=O) groups excluding carboxylic acids is 1. The molecule has 0 saturated carbocycles. The number of benzene rings is 1. The number of fused-ring (bicyclic) bond motifs is 1. The number of anilines is 1. The third-order valence-electron chi connectivity index (χ3n) is 2.66. The lowest BCUT2D eigenvalue weighted by atomic mass is 10.2. The monoisotopic (exact) mass is 273 g/mol. The first kappa shape index (κ1) is 12.7. The molecule has 1 aromatic carbocycles. The van der Waals surface area contributed by atoms with E-state index in [4.69, 9.17) is 27.9 Å². The van der Waals surface area contributed by atoms with Crippen molar-refractivity contribution < 1.29 is 9.53 Å². The van der Waals surface area contributed by atoms with Crippen LogP contribution in [0.1, 0.15) is 5.56 Å². The molecular weight excluding hydrogens is 261 g/mol. The van der Waals surface area contributed by atoms with E-state index in [9.17, 15) is 4.79 Å². The van der Waals surface area contributed by atoms with Crippen molar-refractivity contribution in [1.82, 2.24) is 0 Å². The lowest BCUT2D eigenvalue weighted by molar-refractivity contribution is -0.117. The Morgan fingerprint density at radius 1 is 1.35 bits per heavy atom. The van der Waals surface area contributed by atoms with Gasteiger partial charge < -0.3 is 9.64 Å². The third-order valence-corrected chi connectivity index (χ3v) is 3.05. The van der Waals surface area contributed by atoms with Gasteiger partial charge in [0.05, 0.1) is 19.6 Å². The van der Waals surface area contributed by atoms with Gasteiger partial charge in [0.25, 0.3) is 0 Å². The number of halogens is 2. The molecule has 17 heavy (non-hydrogen) atoms. The second-order valence-corrected chi connectivity index (χ2v) is 4.61. The van der Waals surface area contributed by atoms with Crippen molar-refractivity contribution >= 4 is 34.8 Å². The topological polar surface area (TPSA) is 29.5 Å². The van der Waals surface area contributed by atoms with Crippen LogP contribution in [0.4, 0.5) is 5.69 Å². The van der Waals surface area contributed by atoms with Gasteiger partial charge in [-0.1, -0.05) is 17.7 Å². The van der Waals surface area contributed by atoms with Crippen LogP contribution in [0.25, 0.3) is 0 Å². The molecule has 0 radical (unpaired) electrons. The molecule has 0 N–H and O–H groups in total. The Morgan fingerprint density at radius 2 is 2.18 bits per heavy atom. The maximum atomic E-state index is 11.8. The van der Waals surface area contributed by atoms with Crippen LogP contribution in [0.3, 0.4) is 0 Å². The maximum Gasteiger partial charge on any atom is 0.231 e. The van der Waals surface area contributed by atoms with Crippen LogP contribution in [0.2, 0.25) is 5.02 Å². The minimum atomic E-state index is 0.0942. The molecule has 1 aromatic rings. The predicted molar refractivity (Wildman–Crippen MR) is 69.0 cm³/mol. The lowest BCUT2D eigenvalue weighted by Gasteiger charge is -2.17. The third kappa shape index (κ3) is 2.92. The summed E-state index contributed by atoms with van der Waals surface area (Å²) >= 11 is 11.4. The normalized spacial score (nSPS) is 14.2. The first-order valence-electron chi connectivity index (χ1n) is 5.45. The fourth-order valence-corrected chi connectivity index (χ4v) is 2.16. The van der Waals surface area contributed by atoms with Crippen LogP contribution >= 0.6 is 23.2 Å². The van der Waals surface area contributed by atoms with E-state index in [-0.39, 0.29) is 5.91 Å². The largest absolute Gasteiger partial charge is 0.378 e. The van der Waals surface area contributed by atoms with E-state index < -0.39 is 0 Å². The Balaban J connectivity index is 2.03. The molecule has 3 nitrogen and oxygen atoms in total. The van der Waals surface area contributed by atoms with Crippen molar-refractivity contribution in [3.8, 4) is 0 Å². The minimum Gasteiger partial charge on any atom is -0.378 e. The van der Waals surface area contributed by atoms with E-state index in [0.29, 0.717) is 37.1 Å². The highest BCUT2D eigenvalue weighted by Gasteiger charge is 2.26. The van der Waals surface area contributed by atoms with Gasteiger partial charge in [0, 0.05) is 23.1 Å². The van der Waals surface area contributed by atoms with Crippen LogP contribution in [-0.4, -0.2) is 31.5 Å². The fraction of sp³-hybridized carbons (Fsp3) is 0.417. The fourth-order valence-electron chi connectivity index (χ4n) is 1.89. The minimum absolute atomic E-state index is 0.0942. The van der Waals surface area contributed by atoms with Gasteiger partial charge in [0.15, 0.2) is 0 Å². The number of rotatable bonds is 5. The van der Waals surface area contributed by atoms with Gasteiger partial charge in [-0.3, -0.25) is 4.79 Å². The number of hydrogen-bond acceptors (Lipinski definition) is 2. The molecule has 0 bridgehead atoms. The average molecular weight is 274 g/mol. The summed E-state index contributed by atoms with van der Waals surface area (Å²) < 4.78 is 5.28. The second-order valence-electron chi connectivity index (χ2n) is 3.80. The summed E-state index contributed by atoms with van der Waals surface area (Å²) in [5, 5.41) is 0.644. The number of ether oxygens (including phenoxy) is 1. The number of carbonyl (C=O) groups is 1. The molecule has 1 aliphatic rings. The van der Waals surface area contributed by atoms with Crippen molar-refractivity contribution in [3.63, 3.8) is 0 Å². The van der Waals surface area contributed by atoms with Gasteiger partial charge in [-0.15, -0.1) is 11.6 Å². The van der Waals surface area contributed by atoms with Gasteiger partial charge in [-0.05, 0) is 17.7 Å². The van der Waals surface area contributed by atoms with E-state index in [1.807, 2.05) is 12.1 Å². The average Bonchev–Trinajstić information content (AvgIpc) is 2.61. The number of alkyl halides is 1. The zero-order chi connectivity index (χ0) is 12.3. The number of nitrogens with zero attached hydrogens (tertiary/aromatic N) is 1. The van der Waals surface area contributed by atoms with Gasteiger partial charge in [0.2, 0.25) is 5.91 Å². The Bertz CT molecular complexity index is 423. The van der Waals surface area contributed by atoms with Gasteiger partial charge in [-0.25, -0.2) is 0 Å². The highest BCUT2D eigenvalue weighted by Crippen LogP contribution is 2.31. The van der Waals surface area contributed by atoms with Crippen molar-refractivity contribution in [3.05, 3.63) is 28.8 Å². The molecule has 0 saturated heterocycles. The van der Waals surface area contributed by atoms with Crippen LogP contribution in [0.15, 0.2) is 18.2 Å². The summed E-state index contributed by atoms with van der Waals surface area (Å²) in [6, 6.07) is 5.53. The summed E-state index contributed by atoms with van der Waals surface area (Å²) in [5.74, 6) is 0.563. The van der Waals surface area contributed by atoms with Crippen LogP contribution < -0.4 is 4.90 Å². The number of hydrogen-bond donors (Lipinski definition) is 0. The molecule has 1 heterocycles. The molecule has 5 heteroatoms. The summed E-state index contributed by atoms with van der Waals surface area (Å²) in [6.45, 7) is 1.54. The first-order chi connectivity index (χ1) is 8.22. The van der Waals surface area contributed by atoms with E-state index in [2.05, 4.69) is 0 Å². The molecule has 0 atom stereocenters. The quantitative estimate of drug-likeness (QED) is 0.610. The molecule has 0 aromatic heterocycles. The summed E-state index contributed by atoms with van der Waals surface area (Å²) in [5.41, 5.74) is 1.92. The Hall–Kier alpha value is -0.770. The predicted octanol–water partition coefficient (Wildman–Crippen LogP) is 2.48. The summed E-state index contributed by atoms with van der Waals surface area (Å²) in [6.07, 6.45) is 0.446. The number of amides is 1. The van der Waals surface area contributed by atoms with Crippen LogP contribution in [0.5, 0.6) is 0 Å². The van der Waals surface area contributed by atoms with Crippen molar-refractivity contribution in [2.24, 2.45) is 0 Å². The smallest absolute Gasteiger partial charge is 0.231 e. The van der Waals surface area contributed by atoms with Crippen molar-refractivity contribution in [2.75, 3.05) is 30.5 Å². The standard InChI is InChI=1S/C12H13Cl2NO2/c13-3-5-17-6-4-15-11-8-10(14)2-1-9(11)7-12(15)16/h1-2,8H,3-7H2. The molecule has 0 aliphatic carbocycles. The van der Waals surface area contributed by atoms with Gasteiger partial charge >= 0.3 is 0 Å². The highest BCUT2D eigenvalue weighted by molar-refractivity contribution is 6.31. The molecule has 1 aliphatic heterocycles. The molecule has 2 rings (SSSR count). The van der Waals surface area contributed by atoms with Gasteiger partial charge in [0.1, 0.15) is 0 Å². The molecule has 92 valence electrons. The van der Waals surface area contributed by atoms with Gasteiger partial charge in [-0.2, -0.15) is 0 Å². The summed E-state index contributed by atoms with van der Waals surface area (Å²) in [7, 11) is 0. The molecule has 0 fully saturated rings. The van der Waals surface area contributed by atoms with E-state index >= 15 is 0 Å². The van der Waals surface area contributed by atoms with E-state index in [1.54, 1.807) is 11.0 Å². The molecule has 0 spiro atoms. The molecule has 0 unspecified atom stereocenters. The SMILES string of the molecule is O=C1Cc2ccc(Cl)cc2N1CCOCCCl.